The third kappa shape index (κ3) is 5.37. The molecule has 0 spiro atoms. The summed E-state index contributed by atoms with van der Waals surface area (Å²) in [6.45, 7) is 0. The van der Waals surface area contributed by atoms with Gasteiger partial charge in [0.1, 0.15) is 11.2 Å². The number of aromatic nitrogens is 4. The first-order valence-corrected chi connectivity index (χ1v) is 18.8. The number of hydrogen-bond acceptors (Lipinski definition) is 4. The van der Waals surface area contributed by atoms with Gasteiger partial charge in [0.15, 0.2) is 17.5 Å². The summed E-state index contributed by atoms with van der Waals surface area (Å²) in [7, 11) is 0. The maximum atomic E-state index is 6.82. The molecule has 0 amide bonds. The molecule has 0 aliphatic carbocycles. The second-order valence-corrected chi connectivity index (χ2v) is 14.0. The van der Waals surface area contributed by atoms with E-state index in [1.165, 1.54) is 16.5 Å². The van der Waals surface area contributed by atoms with E-state index in [1.54, 1.807) is 0 Å². The van der Waals surface area contributed by atoms with Gasteiger partial charge in [0.25, 0.3) is 0 Å². The summed E-state index contributed by atoms with van der Waals surface area (Å²) in [5.41, 5.74) is 12.3. The van der Waals surface area contributed by atoms with Gasteiger partial charge in [-0.1, -0.05) is 158 Å². The minimum absolute atomic E-state index is 0.559. The third-order valence-electron chi connectivity index (χ3n) is 10.7. The molecule has 0 N–H and O–H groups in total. The lowest BCUT2D eigenvalue weighted by molar-refractivity contribution is 0.670. The van der Waals surface area contributed by atoms with Crippen LogP contribution in [0.5, 0.6) is 0 Å². The Morgan fingerprint density at radius 3 is 1.50 bits per heavy atom. The lowest BCUT2D eigenvalue weighted by atomic mass is 10.0. The van der Waals surface area contributed by atoms with E-state index in [1.807, 2.05) is 42.5 Å². The third-order valence-corrected chi connectivity index (χ3v) is 10.7. The van der Waals surface area contributed by atoms with Crippen LogP contribution in [0.4, 0.5) is 0 Å². The van der Waals surface area contributed by atoms with Crippen LogP contribution in [0.2, 0.25) is 0 Å². The lowest BCUT2D eigenvalue weighted by Crippen LogP contribution is -2.00. The standard InChI is InChI=1S/C51H32N4O/c1-4-13-33(14-5-1)35-23-25-38(26-24-35)50-52-49(37-17-8-3-9-18-37)53-51(54-50)42-21-12-20-41-44-31-46-43(32-47(44)56-48(41)42)40-19-10-11-22-45(40)55(46)39-29-27-36(28-30-39)34-15-6-2-7-16-34/h1-32H. The van der Waals surface area contributed by atoms with E-state index in [0.717, 1.165) is 71.9 Å². The molecule has 5 heteroatoms. The van der Waals surface area contributed by atoms with E-state index in [9.17, 15) is 0 Å². The molecule has 11 rings (SSSR count). The van der Waals surface area contributed by atoms with Gasteiger partial charge in [-0.15, -0.1) is 0 Å². The van der Waals surface area contributed by atoms with Crippen LogP contribution in [0.1, 0.15) is 0 Å². The van der Waals surface area contributed by atoms with Crippen molar-refractivity contribution in [3.8, 4) is 62.1 Å². The van der Waals surface area contributed by atoms with Gasteiger partial charge < -0.3 is 8.98 Å². The first-order chi connectivity index (χ1) is 27.7. The summed E-state index contributed by atoms with van der Waals surface area (Å²) in [6, 6.07) is 67.5. The topological polar surface area (TPSA) is 56.7 Å². The maximum absolute atomic E-state index is 6.82. The second-order valence-electron chi connectivity index (χ2n) is 14.0. The summed E-state index contributed by atoms with van der Waals surface area (Å²) in [5, 5.41) is 4.35. The fraction of sp³-hybridized carbons (Fsp3) is 0. The van der Waals surface area contributed by atoms with Crippen LogP contribution in [-0.4, -0.2) is 19.5 Å². The molecule has 0 aliphatic rings. The Morgan fingerprint density at radius 2 is 0.839 bits per heavy atom. The molecule has 0 saturated heterocycles. The van der Waals surface area contributed by atoms with E-state index < -0.39 is 0 Å². The molecule has 262 valence electrons. The number of rotatable bonds is 6. The number of fused-ring (bicyclic) bond motifs is 6. The summed E-state index contributed by atoms with van der Waals surface area (Å²) in [4.78, 5) is 15.2. The lowest BCUT2D eigenvalue weighted by Gasteiger charge is -2.09. The highest BCUT2D eigenvalue weighted by atomic mass is 16.3. The van der Waals surface area contributed by atoms with E-state index >= 15 is 0 Å². The van der Waals surface area contributed by atoms with Gasteiger partial charge in [0.2, 0.25) is 0 Å². The molecule has 11 aromatic rings. The molecule has 0 fully saturated rings. The molecule has 0 unspecified atom stereocenters. The Hall–Kier alpha value is -7.63. The van der Waals surface area contributed by atoms with Crippen molar-refractivity contribution in [1.82, 2.24) is 19.5 Å². The highest BCUT2D eigenvalue weighted by Gasteiger charge is 2.20. The molecule has 8 aromatic carbocycles. The van der Waals surface area contributed by atoms with Crippen molar-refractivity contribution < 1.29 is 4.42 Å². The second kappa shape index (κ2) is 13.0. The number of benzene rings is 8. The zero-order valence-corrected chi connectivity index (χ0v) is 30.2. The Kier molecular flexibility index (Phi) is 7.42. The van der Waals surface area contributed by atoms with Crippen molar-refractivity contribution in [2.24, 2.45) is 0 Å². The molecular formula is C51H32N4O. The van der Waals surface area contributed by atoms with Crippen LogP contribution in [0.25, 0.3) is 106 Å². The number of para-hydroxylation sites is 2. The molecule has 0 radical (unpaired) electrons. The molecule has 3 heterocycles. The first kappa shape index (κ1) is 31.9. The molecule has 3 aromatic heterocycles. The Bertz CT molecular complexity index is 3200. The number of furan rings is 1. The Labute approximate surface area is 322 Å². The average Bonchev–Trinajstić information content (AvgIpc) is 3.81. The SMILES string of the molecule is c1ccc(-c2ccc(-c3nc(-c4ccccc4)nc(-c4cccc5c4oc4cc6c7ccccc7n(-c7ccc(-c8ccccc8)cc7)c6cc45)n3)cc2)cc1. The molecule has 5 nitrogen and oxygen atoms in total. The fourth-order valence-electron chi connectivity index (χ4n) is 7.93. The van der Waals surface area contributed by atoms with Gasteiger partial charge in [-0.2, -0.15) is 0 Å². The van der Waals surface area contributed by atoms with E-state index in [-0.39, 0.29) is 0 Å². The van der Waals surface area contributed by atoms with Gasteiger partial charge in [-0.3, -0.25) is 0 Å². The highest BCUT2D eigenvalue weighted by molar-refractivity contribution is 6.18. The molecule has 56 heavy (non-hydrogen) atoms. The normalized spacial score (nSPS) is 11.6. The zero-order valence-electron chi connectivity index (χ0n) is 30.2. The zero-order chi connectivity index (χ0) is 37.0. The Balaban J connectivity index is 1.07. The first-order valence-electron chi connectivity index (χ1n) is 18.8. The van der Waals surface area contributed by atoms with Crippen LogP contribution in [0.15, 0.2) is 199 Å². The van der Waals surface area contributed by atoms with Gasteiger partial charge in [0, 0.05) is 38.4 Å². The Morgan fingerprint density at radius 1 is 0.339 bits per heavy atom. The molecule has 0 atom stereocenters. The van der Waals surface area contributed by atoms with Crippen molar-refractivity contribution in [2.75, 3.05) is 0 Å². The predicted molar refractivity (Wildman–Crippen MR) is 229 cm³/mol. The molecule has 0 saturated carbocycles. The smallest absolute Gasteiger partial charge is 0.167 e. The molecule has 0 aliphatic heterocycles. The summed E-state index contributed by atoms with van der Waals surface area (Å²) in [6.07, 6.45) is 0. The quantitative estimate of drug-likeness (QED) is 0.172. The van der Waals surface area contributed by atoms with Crippen LogP contribution in [0.3, 0.4) is 0 Å². The minimum atomic E-state index is 0.559. The molecule has 0 bridgehead atoms. The van der Waals surface area contributed by atoms with Crippen molar-refractivity contribution in [3.63, 3.8) is 0 Å². The van der Waals surface area contributed by atoms with Crippen molar-refractivity contribution in [2.45, 2.75) is 0 Å². The van der Waals surface area contributed by atoms with Crippen LogP contribution in [-0.2, 0) is 0 Å². The summed E-state index contributed by atoms with van der Waals surface area (Å²) < 4.78 is 9.18. The van der Waals surface area contributed by atoms with E-state index in [2.05, 4.69) is 156 Å². The van der Waals surface area contributed by atoms with Crippen LogP contribution in [0, 0.1) is 0 Å². The highest BCUT2D eigenvalue weighted by Crippen LogP contribution is 2.41. The monoisotopic (exact) mass is 716 g/mol. The average molecular weight is 717 g/mol. The van der Waals surface area contributed by atoms with E-state index in [4.69, 9.17) is 19.4 Å². The largest absolute Gasteiger partial charge is 0.455 e. The molecular weight excluding hydrogens is 685 g/mol. The number of nitrogens with zero attached hydrogens (tertiary/aromatic N) is 4. The van der Waals surface area contributed by atoms with Crippen molar-refractivity contribution in [3.05, 3.63) is 194 Å². The number of hydrogen-bond donors (Lipinski definition) is 0. The van der Waals surface area contributed by atoms with Gasteiger partial charge in [-0.05, 0) is 58.7 Å². The fourth-order valence-corrected chi connectivity index (χ4v) is 7.93. The van der Waals surface area contributed by atoms with Crippen LogP contribution >= 0.6 is 0 Å². The minimum Gasteiger partial charge on any atom is -0.455 e. The summed E-state index contributed by atoms with van der Waals surface area (Å²) in [5.74, 6) is 1.77. The van der Waals surface area contributed by atoms with Gasteiger partial charge >= 0.3 is 0 Å². The van der Waals surface area contributed by atoms with Gasteiger partial charge in [0.05, 0.1) is 16.6 Å². The summed E-state index contributed by atoms with van der Waals surface area (Å²) >= 11 is 0. The van der Waals surface area contributed by atoms with Crippen molar-refractivity contribution >= 4 is 43.7 Å². The van der Waals surface area contributed by atoms with Crippen LogP contribution < -0.4 is 0 Å². The van der Waals surface area contributed by atoms with E-state index in [0.29, 0.717) is 17.5 Å². The predicted octanol–water partition coefficient (Wildman–Crippen LogP) is 13.2. The maximum Gasteiger partial charge on any atom is 0.167 e. The van der Waals surface area contributed by atoms with Crippen molar-refractivity contribution in [1.29, 1.82) is 0 Å². The van der Waals surface area contributed by atoms with Gasteiger partial charge in [-0.25, -0.2) is 15.0 Å².